The number of hydrogen-bond acceptors (Lipinski definition) is 4. The zero-order chi connectivity index (χ0) is 16.0. The van der Waals surface area contributed by atoms with E-state index in [0.717, 1.165) is 0 Å². The van der Waals surface area contributed by atoms with Gasteiger partial charge in [0.05, 0.1) is 19.3 Å². The Morgan fingerprint density at radius 2 is 1.95 bits per heavy atom. The average Bonchev–Trinajstić information content (AvgIpc) is 2.30. The van der Waals surface area contributed by atoms with E-state index in [1.165, 1.54) is 6.92 Å². The average molecular weight is 302 g/mol. The lowest BCUT2D eigenvalue weighted by Crippen LogP contribution is -2.43. The van der Waals surface area contributed by atoms with Crippen molar-refractivity contribution in [3.63, 3.8) is 0 Å². The molecule has 0 amide bonds. The maximum absolute atomic E-state index is 10.7. The van der Waals surface area contributed by atoms with E-state index in [9.17, 15) is 9.90 Å². The number of carbonyl (C=O) groups is 1. The molecular formula is C15H30O4Si. The van der Waals surface area contributed by atoms with Crippen LogP contribution >= 0.6 is 0 Å². The fraction of sp³-hybridized carbons (Fsp3) is 0.800. The van der Waals surface area contributed by atoms with Crippen molar-refractivity contribution in [3.05, 3.63) is 12.7 Å². The molecule has 0 aliphatic heterocycles. The Balaban J connectivity index is 4.32. The lowest BCUT2D eigenvalue weighted by molar-refractivity contribution is -0.141. The first-order chi connectivity index (χ1) is 9.01. The predicted octanol–water partition coefficient (Wildman–Crippen LogP) is 3.12. The molecule has 0 heterocycles. The summed E-state index contributed by atoms with van der Waals surface area (Å²) in [5, 5.41) is 10.3. The Morgan fingerprint density at radius 1 is 1.40 bits per heavy atom. The maximum atomic E-state index is 10.7. The Morgan fingerprint density at radius 3 is 2.35 bits per heavy atom. The van der Waals surface area contributed by atoms with Gasteiger partial charge in [0, 0.05) is 12.8 Å². The zero-order valence-corrected chi connectivity index (χ0v) is 14.7. The van der Waals surface area contributed by atoms with Crippen LogP contribution in [0.25, 0.3) is 0 Å². The monoisotopic (exact) mass is 302 g/mol. The molecule has 118 valence electrons. The second-order valence-electron chi connectivity index (χ2n) is 6.67. The van der Waals surface area contributed by atoms with E-state index in [2.05, 4.69) is 40.4 Å². The van der Waals surface area contributed by atoms with Gasteiger partial charge in [-0.3, -0.25) is 4.79 Å². The first kappa shape index (κ1) is 19.3. The summed E-state index contributed by atoms with van der Waals surface area (Å²) in [5.74, 6) is -0.432. The number of aliphatic hydroxyl groups is 1. The van der Waals surface area contributed by atoms with Crippen LogP contribution in [-0.2, 0) is 14.0 Å². The number of hydrogen-bond donors (Lipinski definition) is 1. The van der Waals surface area contributed by atoms with E-state index in [1.807, 2.05) is 0 Å². The molecule has 0 aromatic carbocycles. The zero-order valence-electron chi connectivity index (χ0n) is 13.7. The number of rotatable bonds is 8. The van der Waals surface area contributed by atoms with E-state index in [4.69, 9.17) is 9.16 Å². The summed E-state index contributed by atoms with van der Waals surface area (Å²) in [6.45, 7) is 16.5. The van der Waals surface area contributed by atoms with Crippen molar-refractivity contribution >= 4 is 14.3 Å². The van der Waals surface area contributed by atoms with Crippen molar-refractivity contribution in [2.24, 2.45) is 5.92 Å². The third-order valence-electron chi connectivity index (χ3n) is 3.97. The van der Waals surface area contributed by atoms with Crippen LogP contribution in [-0.4, -0.2) is 38.7 Å². The van der Waals surface area contributed by atoms with E-state index >= 15 is 0 Å². The highest BCUT2D eigenvalue weighted by molar-refractivity contribution is 6.74. The lowest BCUT2D eigenvalue weighted by atomic mass is 10.00. The summed E-state index contributed by atoms with van der Waals surface area (Å²) < 4.78 is 10.9. The molecule has 0 saturated carbocycles. The molecule has 0 spiro atoms. The molecule has 0 aromatic rings. The van der Waals surface area contributed by atoms with Crippen molar-refractivity contribution in [2.75, 3.05) is 13.2 Å². The topological polar surface area (TPSA) is 55.8 Å². The summed E-state index contributed by atoms with van der Waals surface area (Å²) >= 11 is 0. The predicted molar refractivity (Wildman–Crippen MR) is 84.1 cm³/mol. The Bertz CT molecular complexity index is 320. The number of carbonyl (C=O) groups excluding carboxylic acids is 1. The van der Waals surface area contributed by atoms with Gasteiger partial charge in [0.2, 0.25) is 0 Å². The lowest BCUT2D eigenvalue weighted by Gasteiger charge is -2.37. The van der Waals surface area contributed by atoms with Crippen molar-refractivity contribution in [1.29, 1.82) is 0 Å². The molecule has 0 bridgehead atoms. The first-order valence-corrected chi connectivity index (χ1v) is 10.00. The van der Waals surface area contributed by atoms with Crippen LogP contribution < -0.4 is 0 Å². The molecule has 0 radical (unpaired) electrons. The number of esters is 1. The minimum Gasteiger partial charge on any atom is -0.466 e. The molecule has 20 heavy (non-hydrogen) atoms. The van der Waals surface area contributed by atoms with Gasteiger partial charge in [-0.25, -0.2) is 0 Å². The summed E-state index contributed by atoms with van der Waals surface area (Å²) in [6.07, 6.45) is 1.64. The standard InChI is InChI=1S/C15H30O4Si/c1-8-13(9-10-18-12(2)16)14(17)11-19-20(6,7)15(3,4)5/h8,13-14,17H,1,9-11H2,2-7H3/t13-,14+/m0/s1. The molecule has 0 aliphatic carbocycles. The number of ether oxygens (including phenoxy) is 1. The maximum Gasteiger partial charge on any atom is 0.302 e. The molecule has 1 N–H and O–H groups in total. The molecule has 5 heteroatoms. The third kappa shape index (κ3) is 6.68. The van der Waals surface area contributed by atoms with E-state index in [-0.39, 0.29) is 16.9 Å². The van der Waals surface area contributed by atoms with Crippen LogP contribution in [0.5, 0.6) is 0 Å². The van der Waals surface area contributed by atoms with E-state index in [1.54, 1.807) is 6.08 Å². The highest BCUT2D eigenvalue weighted by atomic mass is 28.4. The fourth-order valence-corrected chi connectivity index (χ4v) is 2.46. The highest BCUT2D eigenvalue weighted by Crippen LogP contribution is 2.36. The third-order valence-corrected chi connectivity index (χ3v) is 8.48. The Kier molecular flexibility index (Phi) is 7.69. The van der Waals surface area contributed by atoms with Crippen LogP contribution in [0.1, 0.15) is 34.1 Å². The van der Waals surface area contributed by atoms with Crippen molar-refractivity contribution in [2.45, 2.75) is 58.4 Å². The van der Waals surface area contributed by atoms with Gasteiger partial charge in [-0.1, -0.05) is 26.8 Å². The van der Waals surface area contributed by atoms with Crippen LogP contribution in [0, 0.1) is 5.92 Å². The SMILES string of the molecule is C=C[C@@H](CCOC(C)=O)[C@H](O)CO[Si](C)(C)C(C)(C)C. The number of aliphatic hydroxyl groups excluding tert-OH is 1. The highest BCUT2D eigenvalue weighted by Gasteiger charge is 2.37. The van der Waals surface area contributed by atoms with E-state index in [0.29, 0.717) is 19.6 Å². The van der Waals surface area contributed by atoms with Crippen LogP contribution in [0.4, 0.5) is 0 Å². The second kappa shape index (κ2) is 7.95. The molecule has 2 atom stereocenters. The quantitative estimate of drug-likeness (QED) is 0.425. The van der Waals surface area contributed by atoms with Crippen LogP contribution in [0.3, 0.4) is 0 Å². The molecule has 4 nitrogen and oxygen atoms in total. The molecule has 0 unspecified atom stereocenters. The minimum atomic E-state index is -1.86. The van der Waals surface area contributed by atoms with Crippen molar-refractivity contribution in [3.8, 4) is 0 Å². The van der Waals surface area contributed by atoms with Gasteiger partial charge in [-0.05, 0) is 24.6 Å². The van der Waals surface area contributed by atoms with Crippen molar-refractivity contribution < 1.29 is 19.1 Å². The van der Waals surface area contributed by atoms with Gasteiger partial charge in [-0.15, -0.1) is 6.58 Å². The van der Waals surface area contributed by atoms with Crippen molar-refractivity contribution in [1.82, 2.24) is 0 Å². The van der Waals surface area contributed by atoms with Gasteiger partial charge in [0.25, 0.3) is 0 Å². The normalized spacial score (nSPS) is 15.6. The molecule has 0 rings (SSSR count). The van der Waals surface area contributed by atoms with Gasteiger partial charge >= 0.3 is 5.97 Å². The molecule has 0 fully saturated rings. The molecule has 0 aliphatic rings. The fourth-order valence-electron chi connectivity index (χ4n) is 1.44. The minimum absolute atomic E-state index is 0.119. The van der Waals surface area contributed by atoms with Gasteiger partial charge in [-0.2, -0.15) is 0 Å². The van der Waals surface area contributed by atoms with Crippen LogP contribution in [0.2, 0.25) is 18.1 Å². The first-order valence-electron chi connectivity index (χ1n) is 7.09. The van der Waals surface area contributed by atoms with E-state index < -0.39 is 14.4 Å². The summed E-state index contributed by atoms with van der Waals surface area (Å²) in [6, 6.07) is 0. The van der Waals surface area contributed by atoms with Gasteiger partial charge in [0.15, 0.2) is 8.32 Å². The smallest absolute Gasteiger partial charge is 0.302 e. The summed E-state index contributed by atoms with van der Waals surface area (Å²) in [7, 11) is -1.86. The molecular weight excluding hydrogens is 272 g/mol. The van der Waals surface area contributed by atoms with Gasteiger partial charge in [0.1, 0.15) is 0 Å². The Hall–Kier alpha value is -0.653. The van der Waals surface area contributed by atoms with Gasteiger partial charge < -0.3 is 14.3 Å². The van der Waals surface area contributed by atoms with Crippen LogP contribution in [0.15, 0.2) is 12.7 Å². The second-order valence-corrected chi connectivity index (χ2v) is 11.5. The molecule has 0 aromatic heterocycles. The Labute approximate surface area is 124 Å². The summed E-state index contributed by atoms with van der Waals surface area (Å²) in [4.78, 5) is 10.7. The summed E-state index contributed by atoms with van der Waals surface area (Å²) in [5.41, 5.74) is 0. The molecule has 0 saturated heterocycles. The largest absolute Gasteiger partial charge is 0.466 e.